The summed E-state index contributed by atoms with van der Waals surface area (Å²) >= 11 is 0. The average Bonchev–Trinajstić information content (AvgIpc) is 2.56. The molecule has 0 unspecified atom stereocenters. The summed E-state index contributed by atoms with van der Waals surface area (Å²) in [5.41, 5.74) is 1.14. The molecule has 0 amide bonds. The van der Waals surface area contributed by atoms with Gasteiger partial charge in [-0.25, -0.2) is 0 Å². The van der Waals surface area contributed by atoms with Gasteiger partial charge in [0.05, 0.1) is 0 Å². The van der Waals surface area contributed by atoms with Gasteiger partial charge >= 0.3 is 0 Å². The van der Waals surface area contributed by atoms with Gasteiger partial charge in [-0.3, -0.25) is 4.99 Å². The molecular weight excluding hydrogens is 288 g/mol. The van der Waals surface area contributed by atoms with Gasteiger partial charge < -0.3 is 20.3 Å². The van der Waals surface area contributed by atoms with Crippen molar-refractivity contribution in [2.24, 2.45) is 4.99 Å². The maximum Gasteiger partial charge on any atom is 0.191 e. The van der Waals surface area contributed by atoms with Gasteiger partial charge in [-0.1, -0.05) is 32.0 Å². The molecule has 1 aromatic carbocycles. The molecule has 0 bridgehead atoms. The Kier molecular flexibility index (Phi) is 9.14. The second kappa shape index (κ2) is 10.9. The van der Waals surface area contributed by atoms with Gasteiger partial charge in [0.25, 0.3) is 0 Å². The summed E-state index contributed by atoms with van der Waals surface area (Å²) in [6.45, 7) is 13.0. The van der Waals surface area contributed by atoms with Crippen LogP contribution in [-0.2, 0) is 6.54 Å². The molecule has 23 heavy (non-hydrogen) atoms. The first-order valence-electron chi connectivity index (χ1n) is 8.50. The summed E-state index contributed by atoms with van der Waals surface area (Å²) in [4.78, 5) is 6.58. The predicted molar refractivity (Wildman–Crippen MR) is 98.2 cm³/mol. The van der Waals surface area contributed by atoms with E-state index in [2.05, 4.69) is 54.3 Å². The maximum absolute atomic E-state index is 5.98. The lowest BCUT2D eigenvalue weighted by molar-refractivity contribution is 0.221. The first-order chi connectivity index (χ1) is 11.1. The first kappa shape index (κ1) is 19.3. The van der Waals surface area contributed by atoms with Crippen molar-refractivity contribution in [3.63, 3.8) is 0 Å². The van der Waals surface area contributed by atoms with Crippen molar-refractivity contribution in [1.29, 1.82) is 0 Å². The van der Waals surface area contributed by atoms with Gasteiger partial charge in [-0.2, -0.15) is 0 Å². The minimum Gasteiger partial charge on any atom is -0.492 e. The van der Waals surface area contributed by atoms with Crippen LogP contribution in [0.2, 0.25) is 0 Å². The molecule has 1 rings (SSSR count). The van der Waals surface area contributed by atoms with Gasteiger partial charge in [0.15, 0.2) is 5.96 Å². The molecule has 0 atom stereocenters. The lowest BCUT2D eigenvalue weighted by Gasteiger charge is -2.19. The Balaban J connectivity index is 2.56. The standard InChI is InChI=1S/C18H32N4O/c1-6-22(7-2)12-13-23-17-11-9-8-10-16(17)14-20-18(19-5)21-15(3)4/h8-11,15H,6-7,12-14H2,1-5H3,(H2,19,20,21). The number of benzene rings is 1. The smallest absolute Gasteiger partial charge is 0.191 e. The fourth-order valence-corrected chi connectivity index (χ4v) is 2.26. The largest absolute Gasteiger partial charge is 0.492 e. The minimum absolute atomic E-state index is 0.349. The van der Waals surface area contributed by atoms with Crippen LogP contribution < -0.4 is 15.4 Å². The van der Waals surface area contributed by atoms with Crippen LogP contribution in [0.25, 0.3) is 0 Å². The molecule has 2 N–H and O–H groups in total. The third-order valence-corrected chi connectivity index (χ3v) is 3.63. The predicted octanol–water partition coefficient (Wildman–Crippen LogP) is 2.48. The molecule has 0 saturated carbocycles. The van der Waals surface area contributed by atoms with Crippen LogP contribution in [0.1, 0.15) is 33.3 Å². The summed E-state index contributed by atoms with van der Waals surface area (Å²) in [5, 5.41) is 6.61. The number of aliphatic imine (C=N–C) groups is 1. The van der Waals surface area contributed by atoms with Crippen molar-refractivity contribution < 1.29 is 4.74 Å². The molecule has 0 saturated heterocycles. The van der Waals surface area contributed by atoms with Crippen LogP contribution in [0.4, 0.5) is 0 Å². The van der Waals surface area contributed by atoms with E-state index in [9.17, 15) is 0 Å². The Morgan fingerprint density at radius 1 is 1.22 bits per heavy atom. The molecule has 5 heteroatoms. The lowest BCUT2D eigenvalue weighted by Crippen LogP contribution is -2.40. The summed E-state index contributed by atoms with van der Waals surface area (Å²) in [7, 11) is 1.78. The van der Waals surface area contributed by atoms with Crippen molar-refractivity contribution in [2.45, 2.75) is 40.3 Å². The minimum atomic E-state index is 0.349. The van der Waals surface area contributed by atoms with Crippen molar-refractivity contribution in [3.05, 3.63) is 29.8 Å². The fourth-order valence-electron chi connectivity index (χ4n) is 2.26. The zero-order valence-electron chi connectivity index (χ0n) is 15.2. The highest BCUT2D eigenvalue weighted by atomic mass is 16.5. The Labute approximate surface area is 141 Å². The molecule has 130 valence electrons. The van der Waals surface area contributed by atoms with E-state index in [0.29, 0.717) is 19.2 Å². The maximum atomic E-state index is 5.98. The molecule has 0 spiro atoms. The summed E-state index contributed by atoms with van der Waals surface area (Å²) in [6.07, 6.45) is 0. The molecule has 0 radical (unpaired) electrons. The second-order valence-corrected chi connectivity index (χ2v) is 5.71. The molecule has 0 aliphatic carbocycles. The van der Waals surface area contributed by atoms with Crippen molar-refractivity contribution >= 4 is 5.96 Å². The van der Waals surface area contributed by atoms with Crippen LogP contribution in [0, 0.1) is 0 Å². The van der Waals surface area contributed by atoms with E-state index in [4.69, 9.17) is 4.74 Å². The van der Waals surface area contributed by atoms with Crippen molar-refractivity contribution in [1.82, 2.24) is 15.5 Å². The third kappa shape index (κ3) is 7.37. The Hall–Kier alpha value is -1.75. The molecule has 0 aliphatic rings. The van der Waals surface area contributed by atoms with Crippen LogP contribution in [-0.4, -0.2) is 50.2 Å². The SMILES string of the molecule is CCN(CC)CCOc1ccccc1CNC(=NC)NC(C)C. The highest BCUT2D eigenvalue weighted by Gasteiger charge is 2.06. The molecule has 0 aromatic heterocycles. The van der Waals surface area contributed by atoms with Crippen molar-refractivity contribution in [3.8, 4) is 5.75 Å². The van der Waals surface area contributed by atoms with Gasteiger partial charge in [0.1, 0.15) is 12.4 Å². The second-order valence-electron chi connectivity index (χ2n) is 5.71. The Bertz CT molecular complexity index is 470. The molecule has 0 heterocycles. The number of likely N-dealkylation sites (N-methyl/N-ethyl adjacent to an activating group) is 1. The summed E-state index contributed by atoms with van der Waals surface area (Å²) in [5.74, 6) is 1.74. The zero-order valence-corrected chi connectivity index (χ0v) is 15.2. The number of hydrogen-bond donors (Lipinski definition) is 2. The van der Waals surface area contributed by atoms with Crippen molar-refractivity contribution in [2.75, 3.05) is 33.3 Å². The van der Waals surface area contributed by atoms with E-state index in [1.165, 1.54) is 0 Å². The number of rotatable bonds is 9. The highest BCUT2D eigenvalue weighted by Crippen LogP contribution is 2.17. The zero-order chi connectivity index (χ0) is 17.1. The average molecular weight is 320 g/mol. The molecule has 0 aliphatic heterocycles. The lowest BCUT2D eigenvalue weighted by atomic mass is 10.2. The monoisotopic (exact) mass is 320 g/mol. The van der Waals surface area contributed by atoms with Crippen LogP contribution in [0.3, 0.4) is 0 Å². The van der Waals surface area contributed by atoms with E-state index >= 15 is 0 Å². The van der Waals surface area contributed by atoms with E-state index in [1.54, 1.807) is 7.05 Å². The molecule has 5 nitrogen and oxygen atoms in total. The van der Waals surface area contributed by atoms with Crippen LogP contribution in [0.5, 0.6) is 5.75 Å². The van der Waals surface area contributed by atoms with E-state index in [1.807, 2.05) is 18.2 Å². The van der Waals surface area contributed by atoms with Crippen LogP contribution in [0.15, 0.2) is 29.3 Å². The van der Waals surface area contributed by atoms with Gasteiger partial charge in [0.2, 0.25) is 0 Å². The van der Waals surface area contributed by atoms with E-state index in [-0.39, 0.29) is 0 Å². The molecular formula is C18H32N4O. The number of ether oxygens (including phenoxy) is 1. The van der Waals surface area contributed by atoms with Crippen LogP contribution >= 0.6 is 0 Å². The normalized spacial score (nSPS) is 11.9. The topological polar surface area (TPSA) is 48.9 Å². The van der Waals surface area contributed by atoms with Gasteiger partial charge in [0, 0.05) is 31.7 Å². The van der Waals surface area contributed by atoms with E-state index < -0.39 is 0 Å². The number of nitrogens with zero attached hydrogens (tertiary/aromatic N) is 2. The summed E-state index contributed by atoms with van der Waals surface area (Å²) < 4.78 is 5.98. The Morgan fingerprint density at radius 2 is 1.91 bits per heavy atom. The molecule has 0 fully saturated rings. The number of para-hydroxylation sites is 1. The van der Waals surface area contributed by atoms with Gasteiger partial charge in [-0.05, 0) is 33.0 Å². The third-order valence-electron chi connectivity index (χ3n) is 3.63. The number of hydrogen-bond acceptors (Lipinski definition) is 3. The Morgan fingerprint density at radius 3 is 2.52 bits per heavy atom. The quantitative estimate of drug-likeness (QED) is 0.542. The summed E-state index contributed by atoms with van der Waals surface area (Å²) in [6, 6.07) is 8.51. The highest BCUT2D eigenvalue weighted by molar-refractivity contribution is 5.79. The number of nitrogens with one attached hydrogen (secondary N) is 2. The number of guanidine groups is 1. The van der Waals surface area contributed by atoms with E-state index in [0.717, 1.165) is 36.9 Å². The van der Waals surface area contributed by atoms with Gasteiger partial charge in [-0.15, -0.1) is 0 Å². The first-order valence-corrected chi connectivity index (χ1v) is 8.50. The molecule has 1 aromatic rings. The fraction of sp³-hybridized carbons (Fsp3) is 0.611.